The number of rotatable bonds is 5. The molecular formula is C29H37ClN2. The second-order valence-electron chi connectivity index (χ2n) is 12.1. The standard InChI is InChI=1S/C29H37ClN2/c30-25-5-6-26-27(15-25)29(16-28(26)31-17-23-13-19-1-3-21(23)11-19)7-9-32(10-8-29)18-24-14-20-2-4-22(24)12-20/h1-6,15,19-24,28,31H,7-14,16-18H2/t19?,20?,21?,22?,23?,24?,28-/m0/s1. The highest BCUT2D eigenvalue weighted by atomic mass is 35.5. The van der Waals surface area contributed by atoms with E-state index >= 15 is 0 Å². The van der Waals surface area contributed by atoms with E-state index in [1.165, 1.54) is 71.1 Å². The molecule has 2 saturated carbocycles. The van der Waals surface area contributed by atoms with E-state index in [1.54, 1.807) is 11.1 Å². The summed E-state index contributed by atoms with van der Waals surface area (Å²) in [5.41, 5.74) is 3.44. The molecule has 0 radical (unpaired) electrons. The Hall–Kier alpha value is -1.09. The minimum Gasteiger partial charge on any atom is -0.310 e. The molecule has 1 aromatic carbocycles. The lowest BCUT2D eigenvalue weighted by molar-refractivity contribution is 0.128. The lowest BCUT2D eigenvalue weighted by atomic mass is 9.73. The van der Waals surface area contributed by atoms with E-state index < -0.39 is 0 Å². The van der Waals surface area contributed by atoms with Gasteiger partial charge in [-0.2, -0.15) is 0 Å². The monoisotopic (exact) mass is 448 g/mol. The Morgan fingerprint density at radius 1 is 0.906 bits per heavy atom. The number of likely N-dealkylation sites (tertiary alicyclic amines) is 1. The molecule has 7 rings (SSSR count). The molecule has 170 valence electrons. The van der Waals surface area contributed by atoms with Crippen molar-refractivity contribution >= 4 is 11.6 Å². The zero-order chi connectivity index (χ0) is 21.3. The van der Waals surface area contributed by atoms with Crippen LogP contribution in [0.25, 0.3) is 0 Å². The summed E-state index contributed by atoms with van der Waals surface area (Å²) in [5.74, 6) is 5.21. The number of nitrogens with one attached hydrogen (secondary N) is 1. The molecule has 3 heteroatoms. The number of hydrogen-bond acceptors (Lipinski definition) is 2. The van der Waals surface area contributed by atoms with Gasteiger partial charge in [-0.3, -0.25) is 0 Å². The number of allylic oxidation sites excluding steroid dienone is 4. The van der Waals surface area contributed by atoms with Crippen LogP contribution < -0.4 is 5.32 Å². The van der Waals surface area contributed by atoms with E-state index in [0.29, 0.717) is 11.5 Å². The number of benzene rings is 1. The van der Waals surface area contributed by atoms with Crippen LogP contribution in [0.4, 0.5) is 0 Å². The van der Waals surface area contributed by atoms with Gasteiger partial charge in [-0.25, -0.2) is 0 Å². The van der Waals surface area contributed by atoms with Crippen molar-refractivity contribution in [1.29, 1.82) is 0 Å². The highest BCUT2D eigenvalue weighted by molar-refractivity contribution is 6.30. The van der Waals surface area contributed by atoms with E-state index in [0.717, 1.165) is 40.5 Å². The zero-order valence-electron chi connectivity index (χ0n) is 19.2. The van der Waals surface area contributed by atoms with Crippen molar-refractivity contribution in [3.8, 4) is 0 Å². The van der Waals surface area contributed by atoms with E-state index in [1.807, 2.05) is 0 Å². The van der Waals surface area contributed by atoms with Crippen molar-refractivity contribution in [3.05, 3.63) is 58.7 Å². The molecule has 6 unspecified atom stereocenters. The van der Waals surface area contributed by atoms with Crippen LogP contribution in [0.15, 0.2) is 42.5 Å². The first kappa shape index (κ1) is 20.3. The summed E-state index contributed by atoms with van der Waals surface area (Å²) in [7, 11) is 0. The van der Waals surface area contributed by atoms with Gasteiger partial charge in [0.2, 0.25) is 0 Å². The molecule has 4 bridgehead atoms. The maximum Gasteiger partial charge on any atom is 0.0409 e. The van der Waals surface area contributed by atoms with Crippen molar-refractivity contribution in [2.24, 2.45) is 35.5 Å². The summed E-state index contributed by atoms with van der Waals surface area (Å²) in [6.07, 6.45) is 19.5. The summed E-state index contributed by atoms with van der Waals surface area (Å²) < 4.78 is 0. The lowest BCUT2D eigenvalue weighted by Gasteiger charge is -2.42. The fraction of sp³-hybridized carbons (Fsp3) is 0.655. The molecule has 1 saturated heterocycles. The quantitative estimate of drug-likeness (QED) is 0.545. The van der Waals surface area contributed by atoms with E-state index in [4.69, 9.17) is 11.6 Å². The first-order chi connectivity index (χ1) is 15.6. The van der Waals surface area contributed by atoms with Gasteiger partial charge in [0.25, 0.3) is 0 Å². The van der Waals surface area contributed by atoms with Gasteiger partial charge in [0.15, 0.2) is 0 Å². The number of piperidine rings is 1. The van der Waals surface area contributed by atoms with Crippen molar-refractivity contribution in [1.82, 2.24) is 10.2 Å². The van der Waals surface area contributed by atoms with E-state index in [2.05, 4.69) is 52.7 Å². The normalized spacial score (nSPS) is 40.7. The fourth-order valence-corrected chi connectivity index (χ4v) is 8.75. The summed E-state index contributed by atoms with van der Waals surface area (Å²) in [5, 5.41) is 4.96. The van der Waals surface area contributed by atoms with Gasteiger partial charge in [-0.1, -0.05) is 42.0 Å². The fourth-order valence-electron chi connectivity index (χ4n) is 8.58. The van der Waals surface area contributed by atoms with Gasteiger partial charge < -0.3 is 10.2 Å². The Labute approximate surface area is 198 Å². The molecule has 0 aromatic heterocycles. The minimum absolute atomic E-state index is 0.331. The Bertz CT molecular complexity index is 942. The third-order valence-electron chi connectivity index (χ3n) is 10.3. The maximum atomic E-state index is 6.53. The van der Waals surface area contributed by atoms with Crippen LogP contribution in [0.5, 0.6) is 0 Å². The lowest BCUT2D eigenvalue weighted by Crippen LogP contribution is -2.44. The third kappa shape index (κ3) is 3.36. The minimum atomic E-state index is 0.331. The molecule has 1 heterocycles. The SMILES string of the molecule is Clc1ccc2c(c1)C1(CCN(CC3CC4C=CC3C4)CC1)C[C@@H]2NCC1CC2C=CC1C2. The number of nitrogens with zero attached hydrogens (tertiary/aromatic N) is 1. The first-order valence-electron chi connectivity index (χ1n) is 13.3. The Balaban J connectivity index is 1.04. The van der Waals surface area contributed by atoms with Crippen LogP contribution in [-0.2, 0) is 5.41 Å². The molecule has 32 heavy (non-hydrogen) atoms. The summed E-state index contributed by atoms with van der Waals surface area (Å²) in [6, 6.07) is 7.27. The first-order valence-corrected chi connectivity index (χ1v) is 13.7. The van der Waals surface area contributed by atoms with Crippen LogP contribution in [-0.4, -0.2) is 31.1 Å². The number of hydrogen-bond donors (Lipinski definition) is 1. The van der Waals surface area contributed by atoms with Crippen molar-refractivity contribution in [2.75, 3.05) is 26.2 Å². The van der Waals surface area contributed by atoms with Crippen LogP contribution in [0, 0.1) is 35.5 Å². The van der Waals surface area contributed by atoms with E-state index in [-0.39, 0.29) is 0 Å². The second-order valence-corrected chi connectivity index (χ2v) is 12.5. The van der Waals surface area contributed by atoms with Gasteiger partial charge >= 0.3 is 0 Å². The molecule has 6 aliphatic rings. The van der Waals surface area contributed by atoms with Gasteiger partial charge in [-0.05, 0) is 129 Å². The number of halogens is 1. The van der Waals surface area contributed by atoms with Crippen molar-refractivity contribution < 1.29 is 0 Å². The average Bonchev–Trinajstić information content (AvgIpc) is 3.62. The zero-order valence-corrected chi connectivity index (χ0v) is 19.9. The molecule has 1 aromatic rings. The van der Waals surface area contributed by atoms with Crippen LogP contribution in [0.1, 0.15) is 62.1 Å². The number of fused-ring (bicyclic) bond motifs is 6. The topological polar surface area (TPSA) is 15.3 Å². The predicted octanol–water partition coefficient (Wildman–Crippen LogP) is 6.13. The Kier molecular flexibility index (Phi) is 4.90. The largest absolute Gasteiger partial charge is 0.310 e. The molecule has 5 aliphatic carbocycles. The highest BCUT2D eigenvalue weighted by Gasteiger charge is 2.47. The molecule has 2 nitrogen and oxygen atoms in total. The highest BCUT2D eigenvalue weighted by Crippen LogP contribution is 2.52. The van der Waals surface area contributed by atoms with Crippen LogP contribution in [0.2, 0.25) is 5.02 Å². The predicted molar refractivity (Wildman–Crippen MR) is 132 cm³/mol. The second kappa shape index (κ2) is 7.72. The molecule has 3 fully saturated rings. The van der Waals surface area contributed by atoms with Crippen LogP contribution in [0.3, 0.4) is 0 Å². The van der Waals surface area contributed by atoms with Gasteiger partial charge in [0, 0.05) is 17.6 Å². The molecule has 1 N–H and O–H groups in total. The van der Waals surface area contributed by atoms with Gasteiger partial charge in [0.05, 0.1) is 0 Å². The molecule has 1 spiro atoms. The Morgan fingerprint density at radius 2 is 1.62 bits per heavy atom. The Morgan fingerprint density at radius 3 is 2.28 bits per heavy atom. The van der Waals surface area contributed by atoms with Gasteiger partial charge in [0.1, 0.15) is 0 Å². The van der Waals surface area contributed by atoms with Crippen molar-refractivity contribution in [2.45, 2.75) is 56.4 Å². The molecule has 7 atom stereocenters. The van der Waals surface area contributed by atoms with E-state index in [9.17, 15) is 0 Å². The smallest absolute Gasteiger partial charge is 0.0409 e. The molecule has 1 aliphatic heterocycles. The molecule has 0 amide bonds. The maximum absolute atomic E-state index is 6.53. The van der Waals surface area contributed by atoms with Crippen LogP contribution >= 0.6 is 11.6 Å². The summed E-state index contributed by atoms with van der Waals surface area (Å²) in [4.78, 5) is 2.79. The summed E-state index contributed by atoms with van der Waals surface area (Å²) in [6.45, 7) is 5.02. The average molecular weight is 449 g/mol. The van der Waals surface area contributed by atoms with Crippen molar-refractivity contribution in [3.63, 3.8) is 0 Å². The summed E-state index contributed by atoms with van der Waals surface area (Å²) >= 11 is 6.53. The third-order valence-corrected chi connectivity index (χ3v) is 10.6. The van der Waals surface area contributed by atoms with Gasteiger partial charge in [-0.15, -0.1) is 0 Å². The molecular weight excluding hydrogens is 412 g/mol.